The van der Waals surface area contributed by atoms with Gasteiger partial charge in [-0.25, -0.2) is 0 Å². The first-order chi connectivity index (χ1) is 12.6. The lowest BCUT2D eigenvalue weighted by atomic mass is 9.95. The molecule has 1 aliphatic rings. The molecule has 1 aliphatic heterocycles. The molecule has 140 valence electrons. The quantitative estimate of drug-likeness (QED) is 0.783. The largest absolute Gasteiger partial charge is 0.504 e. The molecule has 1 atom stereocenters. The number of para-hydroxylation sites is 1. The Morgan fingerprint density at radius 3 is 2.62 bits per heavy atom. The van der Waals surface area contributed by atoms with Crippen molar-refractivity contribution in [1.82, 2.24) is 5.32 Å². The minimum Gasteiger partial charge on any atom is -0.504 e. The van der Waals surface area contributed by atoms with E-state index < -0.39 is 0 Å². The number of fused-ring (bicyclic) bond motifs is 1. The molecule has 2 N–H and O–H groups in total. The molecule has 0 amide bonds. The fourth-order valence-electron chi connectivity index (χ4n) is 3.19. The summed E-state index contributed by atoms with van der Waals surface area (Å²) in [7, 11) is 0. The molecule has 3 rings (SSSR count). The molecule has 0 bridgehead atoms. The molecular formula is C21H27NO4. The molecule has 5 nitrogen and oxygen atoms in total. The summed E-state index contributed by atoms with van der Waals surface area (Å²) in [5, 5.41) is 14.0. The van der Waals surface area contributed by atoms with Gasteiger partial charge >= 0.3 is 0 Å². The third kappa shape index (κ3) is 4.05. The zero-order valence-electron chi connectivity index (χ0n) is 15.6. The molecule has 0 unspecified atom stereocenters. The normalized spacial score (nSPS) is 14.3. The van der Waals surface area contributed by atoms with Crippen LogP contribution in [0, 0.1) is 5.92 Å². The monoisotopic (exact) mass is 357 g/mol. The third-order valence-electron chi connectivity index (χ3n) is 4.49. The highest BCUT2D eigenvalue weighted by molar-refractivity contribution is 5.46. The van der Waals surface area contributed by atoms with Crippen LogP contribution in [0.1, 0.15) is 37.9 Å². The topological polar surface area (TPSA) is 60.0 Å². The SMILES string of the molecule is CCOc1cccc(CN[C@@H](c2ccc3c(c2)OCCO3)C(C)C)c1O. The molecule has 0 saturated heterocycles. The first kappa shape index (κ1) is 18.4. The molecule has 0 saturated carbocycles. The Hall–Kier alpha value is -2.40. The first-order valence-electron chi connectivity index (χ1n) is 9.16. The number of hydrogen-bond donors (Lipinski definition) is 2. The van der Waals surface area contributed by atoms with E-state index in [1.165, 1.54) is 0 Å². The second-order valence-corrected chi connectivity index (χ2v) is 6.70. The van der Waals surface area contributed by atoms with E-state index in [1.807, 2.05) is 31.2 Å². The number of rotatable bonds is 7. The molecule has 0 aliphatic carbocycles. The van der Waals surface area contributed by atoms with Gasteiger partial charge in [0.15, 0.2) is 23.0 Å². The molecule has 0 radical (unpaired) electrons. The fourth-order valence-corrected chi connectivity index (χ4v) is 3.19. The first-order valence-corrected chi connectivity index (χ1v) is 9.16. The Kier molecular flexibility index (Phi) is 5.89. The van der Waals surface area contributed by atoms with E-state index in [1.54, 1.807) is 6.07 Å². The second kappa shape index (κ2) is 8.32. The molecule has 2 aromatic carbocycles. The average Bonchev–Trinajstić information content (AvgIpc) is 2.64. The van der Waals surface area contributed by atoms with Gasteiger partial charge < -0.3 is 24.6 Å². The Bertz CT molecular complexity index is 745. The smallest absolute Gasteiger partial charge is 0.162 e. The van der Waals surface area contributed by atoms with Gasteiger partial charge in [-0.05, 0) is 36.6 Å². The van der Waals surface area contributed by atoms with E-state index in [-0.39, 0.29) is 11.8 Å². The number of ether oxygens (including phenoxy) is 3. The lowest BCUT2D eigenvalue weighted by Gasteiger charge is -2.26. The van der Waals surface area contributed by atoms with Crippen molar-refractivity contribution in [2.24, 2.45) is 5.92 Å². The minimum atomic E-state index is 0.126. The third-order valence-corrected chi connectivity index (χ3v) is 4.49. The summed E-state index contributed by atoms with van der Waals surface area (Å²) < 4.78 is 16.8. The van der Waals surface area contributed by atoms with Crippen molar-refractivity contribution in [3.05, 3.63) is 47.5 Å². The average molecular weight is 357 g/mol. The minimum absolute atomic E-state index is 0.126. The zero-order chi connectivity index (χ0) is 18.5. The van der Waals surface area contributed by atoms with E-state index in [2.05, 4.69) is 25.2 Å². The van der Waals surface area contributed by atoms with Crippen molar-refractivity contribution in [2.75, 3.05) is 19.8 Å². The van der Waals surface area contributed by atoms with E-state index in [0.29, 0.717) is 38.0 Å². The lowest BCUT2D eigenvalue weighted by molar-refractivity contribution is 0.171. The van der Waals surface area contributed by atoms with Crippen LogP contribution >= 0.6 is 0 Å². The zero-order valence-corrected chi connectivity index (χ0v) is 15.6. The van der Waals surface area contributed by atoms with Gasteiger partial charge in [-0.15, -0.1) is 0 Å². The second-order valence-electron chi connectivity index (χ2n) is 6.70. The van der Waals surface area contributed by atoms with Crippen LogP contribution in [0.4, 0.5) is 0 Å². The number of phenols is 1. The van der Waals surface area contributed by atoms with E-state index in [9.17, 15) is 5.11 Å². The van der Waals surface area contributed by atoms with Crippen molar-refractivity contribution in [2.45, 2.75) is 33.4 Å². The number of phenolic OH excluding ortho intramolecular Hbond substituents is 1. The van der Waals surface area contributed by atoms with Crippen LogP contribution in [0.5, 0.6) is 23.0 Å². The maximum Gasteiger partial charge on any atom is 0.162 e. The summed E-state index contributed by atoms with van der Waals surface area (Å²) in [6, 6.07) is 11.8. The Balaban J connectivity index is 1.77. The predicted molar refractivity (Wildman–Crippen MR) is 101 cm³/mol. The summed E-state index contributed by atoms with van der Waals surface area (Å²) >= 11 is 0. The van der Waals surface area contributed by atoms with Gasteiger partial charge in [0.25, 0.3) is 0 Å². The highest BCUT2D eigenvalue weighted by Crippen LogP contribution is 2.35. The highest BCUT2D eigenvalue weighted by Gasteiger charge is 2.20. The maximum atomic E-state index is 10.4. The van der Waals surface area contributed by atoms with Gasteiger partial charge in [0.2, 0.25) is 0 Å². The van der Waals surface area contributed by atoms with Gasteiger partial charge in [0.05, 0.1) is 6.61 Å². The number of hydrogen-bond acceptors (Lipinski definition) is 5. The summed E-state index contributed by atoms with van der Waals surface area (Å²) in [5.41, 5.74) is 1.96. The van der Waals surface area contributed by atoms with E-state index >= 15 is 0 Å². The maximum absolute atomic E-state index is 10.4. The molecule has 5 heteroatoms. The van der Waals surface area contributed by atoms with E-state index in [4.69, 9.17) is 14.2 Å². The lowest BCUT2D eigenvalue weighted by Crippen LogP contribution is -2.26. The summed E-state index contributed by atoms with van der Waals surface area (Å²) in [5.74, 6) is 2.68. The predicted octanol–water partition coefficient (Wildman–Crippen LogP) is 4.05. The van der Waals surface area contributed by atoms with Gasteiger partial charge in [-0.1, -0.05) is 32.0 Å². The Morgan fingerprint density at radius 1 is 1.12 bits per heavy atom. The van der Waals surface area contributed by atoms with Crippen molar-refractivity contribution in [3.8, 4) is 23.0 Å². The van der Waals surface area contributed by atoms with Crippen molar-refractivity contribution in [3.63, 3.8) is 0 Å². The molecule has 1 heterocycles. The van der Waals surface area contributed by atoms with Crippen LogP contribution in [0.25, 0.3) is 0 Å². The summed E-state index contributed by atoms with van der Waals surface area (Å²) in [6.07, 6.45) is 0. The summed E-state index contributed by atoms with van der Waals surface area (Å²) in [6.45, 7) is 8.49. The highest BCUT2D eigenvalue weighted by atomic mass is 16.6. The van der Waals surface area contributed by atoms with Crippen LogP contribution in [0.2, 0.25) is 0 Å². The van der Waals surface area contributed by atoms with Crippen LogP contribution in [-0.4, -0.2) is 24.9 Å². The Labute approximate surface area is 154 Å². The van der Waals surface area contributed by atoms with Gasteiger partial charge in [-0.2, -0.15) is 0 Å². The van der Waals surface area contributed by atoms with Crippen LogP contribution in [0.15, 0.2) is 36.4 Å². The molecule has 26 heavy (non-hydrogen) atoms. The number of aromatic hydroxyl groups is 1. The molecule has 2 aromatic rings. The molecular weight excluding hydrogens is 330 g/mol. The van der Waals surface area contributed by atoms with Crippen molar-refractivity contribution < 1.29 is 19.3 Å². The standard InChI is InChI=1S/C21H27NO4/c1-4-24-18-7-5-6-16(21(18)23)13-22-20(14(2)3)15-8-9-17-19(12-15)26-11-10-25-17/h5-9,12,14,20,22-23H,4,10-11,13H2,1-3H3/t20-/m1/s1. The van der Waals surface area contributed by atoms with Crippen LogP contribution in [-0.2, 0) is 6.54 Å². The van der Waals surface area contributed by atoms with Gasteiger partial charge in [-0.3, -0.25) is 0 Å². The van der Waals surface area contributed by atoms with E-state index in [0.717, 1.165) is 22.6 Å². The Morgan fingerprint density at radius 2 is 1.88 bits per heavy atom. The van der Waals surface area contributed by atoms with Crippen molar-refractivity contribution >= 4 is 0 Å². The number of benzene rings is 2. The molecule has 0 fully saturated rings. The van der Waals surface area contributed by atoms with Crippen molar-refractivity contribution in [1.29, 1.82) is 0 Å². The van der Waals surface area contributed by atoms with Gasteiger partial charge in [0, 0.05) is 18.2 Å². The fraction of sp³-hybridized carbons (Fsp3) is 0.429. The van der Waals surface area contributed by atoms with Crippen LogP contribution < -0.4 is 19.5 Å². The van der Waals surface area contributed by atoms with Crippen LogP contribution in [0.3, 0.4) is 0 Å². The van der Waals surface area contributed by atoms with Gasteiger partial charge in [0.1, 0.15) is 13.2 Å². The molecule has 0 aromatic heterocycles. The summed E-state index contributed by atoms with van der Waals surface area (Å²) in [4.78, 5) is 0. The number of nitrogens with one attached hydrogen (secondary N) is 1. The molecule has 0 spiro atoms.